The maximum atomic E-state index is 6.42. The van der Waals surface area contributed by atoms with E-state index in [0.29, 0.717) is 6.61 Å². The Bertz CT molecular complexity index is 1350. The molecule has 1 atom stereocenters. The van der Waals surface area contributed by atoms with Crippen molar-refractivity contribution in [3.63, 3.8) is 0 Å². The average molecular weight is 519 g/mol. The van der Waals surface area contributed by atoms with Crippen molar-refractivity contribution in [2.24, 2.45) is 0 Å². The van der Waals surface area contributed by atoms with Gasteiger partial charge in [0.25, 0.3) is 0 Å². The highest BCUT2D eigenvalue weighted by Gasteiger charge is 2.17. The number of fused-ring (bicyclic) bond motifs is 1. The summed E-state index contributed by atoms with van der Waals surface area (Å²) in [6.07, 6.45) is 0. The highest BCUT2D eigenvalue weighted by atomic mass is 79.9. The molecule has 0 saturated heterocycles. The Kier molecular flexibility index (Phi) is 6.27. The van der Waals surface area contributed by atoms with Gasteiger partial charge >= 0.3 is 0 Å². The third-order valence-electron chi connectivity index (χ3n) is 5.07. The average Bonchev–Trinajstić information content (AvgIpc) is 3.18. The van der Waals surface area contributed by atoms with Crippen LogP contribution in [0.25, 0.3) is 20.5 Å². The summed E-state index contributed by atoms with van der Waals surface area (Å²) in [7, 11) is 2.74. The van der Waals surface area contributed by atoms with E-state index in [-0.39, 0.29) is 0 Å². The van der Waals surface area contributed by atoms with Crippen molar-refractivity contribution in [3.05, 3.63) is 107 Å². The highest BCUT2D eigenvalue weighted by Crippen LogP contribution is 2.47. The summed E-state index contributed by atoms with van der Waals surface area (Å²) in [5, 5.41) is 2.23. The van der Waals surface area contributed by atoms with Crippen LogP contribution >= 0.6 is 36.5 Å². The van der Waals surface area contributed by atoms with Crippen molar-refractivity contribution >= 4 is 51.9 Å². The van der Waals surface area contributed by atoms with Gasteiger partial charge in [0.1, 0.15) is 18.1 Å². The van der Waals surface area contributed by atoms with Crippen molar-refractivity contribution in [2.45, 2.75) is 6.61 Å². The molecule has 0 aliphatic carbocycles. The van der Waals surface area contributed by atoms with Crippen molar-refractivity contribution in [2.75, 3.05) is 0 Å². The second kappa shape index (κ2) is 9.46. The van der Waals surface area contributed by atoms with E-state index in [0.717, 1.165) is 53.1 Å². The Labute approximate surface area is 202 Å². The molecular formula is C27H20BrO2PS. The van der Waals surface area contributed by atoms with Crippen LogP contribution in [-0.4, -0.2) is 0 Å². The smallest absolute Gasteiger partial charge is 0.153 e. The fraction of sp³-hybridized carbons (Fsp3) is 0.0370. The van der Waals surface area contributed by atoms with Crippen LogP contribution in [0.2, 0.25) is 0 Å². The number of ether oxygens (including phenoxy) is 2. The van der Waals surface area contributed by atoms with E-state index in [1.807, 2.05) is 48.5 Å². The third kappa shape index (κ3) is 4.73. The van der Waals surface area contributed by atoms with E-state index in [2.05, 4.69) is 73.7 Å². The molecule has 0 spiro atoms. The molecule has 5 heteroatoms. The fourth-order valence-electron chi connectivity index (χ4n) is 3.43. The van der Waals surface area contributed by atoms with Gasteiger partial charge in [0.2, 0.25) is 0 Å². The van der Waals surface area contributed by atoms with Crippen LogP contribution in [0.15, 0.2) is 102 Å². The molecule has 1 aromatic heterocycles. The van der Waals surface area contributed by atoms with Gasteiger partial charge in [-0.2, -0.15) is 0 Å². The molecule has 0 aliphatic rings. The third-order valence-corrected chi connectivity index (χ3v) is 7.17. The minimum Gasteiger partial charge on any atom is -0.489 e. The highest BCUT2D eigenvalue weighted by molar-refractivity contribution is 9.10. The lowest BCUT2D eigenvalue weighted by atomic mass is 10.1. The van der Waals surface area contributed by atoms with Gasteiger partial charge in [-0.05, 0) is 58.9 Å². The summed E-state index contributed by atoms with van der Waals surface area (Å²) in [5.74, 6) is 2.53. The Morgan fingerprint density at radius 2 is 1.50 bits per heavy atom. The lowest BCUT2D eigenvalue weighted by molar-refractivity contribution is 0.306. The Morgan fingerprint density at radius 3 is 2.25 bits per heavy atom. The topological polar surface area (TPSA) is 18.5 Å². The molecule has 0 saturated carbocycles. The predicted octanol–water partition coefficient (Wildman–Crippen LogP) is 8.20. The number of benzene rings is 4. The zero-order valence-electron chi connectivity index (χ0n) is 17.1. The SMILES string of the molecule is Pc1ccc(-c2sc3cc(OCc4ccccc4)ccc3c2Oc2ccc(Br)cc2)cc1. The number of hydrogen-bond acceptors (Lipinski definition) is 3. The van der Waals surface area contributed by atoms with Gasteiger partial charge in [-0.1, -0.05) is 70.5 Å². The van der Waals surface area contributed by atoms with Gasteiger partial charge in [-0.25, -0.2) is 0 Å². The summed E-state index contributed by atoms with van der Waals surface area (Å²) in [6, 6.07) is 32.8. The van der Waals surface area contributed by atoms with Crippen LogP contribution in [0.5, 0.6) is 17.2 Å². The molecule has 2 nitrogen and oxygen atoms in total. The Morgan fingerprint density at radius 1 is 0.781 bits per heavy atom. The minimum absolute atomic E-state index is 0.544. The first-order valence-electron chi connectivity index (χ1n) is 10.2. The lowest BCUT2D eigenvalue weighted by Crippen LogP contribution is -1.94. The van der Waals surface area contributed by atoms with E-state index in [9.17, 15) is 0 Å². The van der Waals surface area contributed by atoms with Crippen LogP contribution in [0, 0.1) is 0 Å². The van der Waals surface area contributed by atoms with Gasteiger partial charge < -0.3 is 9.47 Å². The molecule has 4 aromatic carbocycles. The Balaban J connectivity index is 1.53. The van der Waals surface area contributed by atoms with Crippen LogP contribution < -0.4 is 14.8 Å². The van der Waals surface area contributed by atoms with Gasteiger partial charge in [0, 0.05) is 14.6 Å². The molecule has 5 rings (SSSR count). The molecular weight excluding hydrogens is 499 g/mol. The molecule has 32 heavy (non-hydrogen) atoms. The van der Waals surface area contributed by atoms with E-state index in [4.69, 9.17) is 9.47 Å². The summed E-state index contributed by atoms with van der Waals surface area (Å²) in [5.41, 5.74) is 2.28. The maximum absolute atomic E-state index is 6.42. The molecule has 158 valence electrons. The second-order valence-electron chi connectivity index (χ2n) is 7.37. The normalized spacial score (nSPS) is 10.9. The first kappa shape index (κ1) is 21.2. The summed E-state index contributed by atoms with van der Waals surface area (Å²) in [4.78, 5) is 1.10. The van der Waals surface area contributed by atoms with Crippen molar-refractivity contribution < 1.29 is 9.47 Å². The largest absolute Gasteiger partial charge is 0.489 e. The summed E-state index contributed by atoms with van der Waals surface area (Å²) >= 11 is 5.21. The summed E-state index contributed by atoms with van der Waals surface area (Å²) in [6.45, 7) is 0.544. The number of thiophene rings is 1. The first-order valence-corrected chi connectivity index (χ1v) is 12.4. The monoisotopic (exact) mass is 518 g/mol. The zero-order chi connectivity index (χ0) is 21.9. The van der Waals surface area contributed by atoms with Crippen molar-refractivity contribution in [1.29, 1.82) is 0 Å². The van der Waals surface area contributed by atoms with Crippen LogP contribution in [0.3, 0.4) is 0 Å². The molecule has 0 radical (unpaired) electrons. The van der Waals surface area contributed by atoms with Gasteiger partial charge in [0.05, 0.1) is 4.88 Å². The van der Waals surface area contributed by atoms with E-state index in [1.165, 1.54) is 0 Å². The summed E-state index contributed by atoms with van der Waals surface area (Å²) < 4.78 is 14.6. The number of rotatable bonds is 6. The Hall–Kier alpha value is -2.65. The minimum atomic E-state index is 0.544. The molecule has 0 fully saturated rings. The van der Waals surface area contributed by atoms with Gasteiger partial charge in [0.15, 0.2) is 5.75 Å². The van der Waals surface area contributed by atoms with Crippen LogP contribution in [0.4, 0.5) is 0 Å². The predicted molar refractivity (Wildman–Crippen MR) is 142 cm³/mol. The van der Waals surface area contributed by atoms with E-state index >= 15 is 0 Å². The van der Waals surface area contributed by atoms with E-state index < -0.39 is 0 Å². The molecule has 1 unspecified atom stereocenters. The number of hydrogen-bond donors (Lipinski definition) is 0. The first-order chi connectivity index (χ1) is 15.7. The molecule has 0 aliphatic heterocycles. The maximum Gasteiger partial charge on any atom is 0.153 e. The van der Waals surface area contributed by atoms with Gasteiger partial charge in [-0.3, -0.25) is 0 Å². The van der Waals surface area contributed by atoms with Crippen molar-refractivity contribution in [1.82, 2.24) is 0 Å². The molecule has 0 amide bonds. The quantitative estimate of drug-likeness (QED) is 0.211. The number of halogens is 1. The molecule has 1 heterocycles. The molecule has 5 aromatic rings. The fourth-order valence-corrected chi connectivity index (χ4v) is 5.05. The van der Waals surface area contributed by atoms with Crippen molar-refractivity contribution in [3.8, 4) is 27.7 Å². The zero-order valence-corrected chi connectivity index (χ0v) is 20.7. The van der Waals surface area contributed by atoms with E-state index in [1.54, 1.807) is 11.3 Å². The molecule has 0 N–H and O–H groups in total. The van der Waals surface area contributed by atoms with Crippen LogP contribution in [0.1, 0.15) is 5.56 Å². The standard InChI is InChI=1S/C27H20BrO2PS/c28-20-8-10-21(11-9-20)30-26-24-15-12-22(29-17-18-4-2-1-3-5-18)16-25(24)32-27(26)19-6-13-23(31)14-7-19/h1-16H,17,31H2. The van der Waals surface area contributed by atoms with Crippen LogP contribution in [-0.2, 0) is 6.61 Å². The lowest BCUT2D eigenvalue weighted by Gasteiger charge is -2.09. The molecule has 0 bridgehead atoms. The van der Waals surface area contributed by atoms with Gasteiger partial charge in [-0.15, -0.1) is 20.6 Å². The second-order valence-corrected chi connectivity index (χ2v) is 10.0.